The largest absolute Gasteiger partial charge is 0.418 e. The van der Waals surface area contributed by atoms with Gasteiger partial charge in [0.15, 0.2) is 23.6 Å². The fourth-order valence-corrected chi connectivity index (χ4v) is 3.83. The van der Waals surface area contributed by atoms with Gasteiger partial charge in [-0.25, -0.2) is 19.1 Å². The van der Waals surface area contributed by atoms with Crippen LogP contribution in [0.4, 0.5) is 26.3 Å². The fourth-order valence-electron chi connectivity index (χ4n) is 3.71. The molecule has 0 saturated carbocycles. The third-order valence-corrected chi connectivity index (χ3v) is 5.86. The van der Waals surface area contributed by atoms with Gasteiger partial charge in [0.1, 0.15) is 6.54 Å². The Morgan fingerprint density at radius 3 is 2.25 bits per heavy atom. The van der Waals surface area contributed by atoms with Gasteiger partial charge in [0.05, 0.1) is 17.8 Å². The number of alkyl halides is 6. The minimum Gasteiger partial charge on any atom is -0.382 e. The number of hydrogen-bond donors (Lipinski definition) is 2. The Labute approximate surface area is 225 Å². The predicted molar refractivity (Wildman–Crippen MR) is 126 cm³/mol. The van der Waals surface area contributed by atoms with Gasteiger partial charge in [0.2, 0.25) is 6.29 Å². The number of aromatic nitrogens is 6. The fraction of sp³-hybridized carbons (Fsp3) is 0.304. The lowest BCUT2D eigenvalue weighted by Crippen LogP contribution is -2.37. The van der Waals surface area contributed by atoms with Gasteiger partial charge in [0, 0.05) is 17.7 Å². The molecule has 2 atom stereocenters. The van der Waals surface area contributed by atoms with Crippen LogP contribution in [-0.2, 0) is 24.0 Å². The number of methoxy groups -OCH3 is 1. The molecule has 214 valence electrons. The van der Waals surface area contributed by atoms with Gasteiger partial charge in [-0.05, 0) is 36.4 Å². The minimum absolute atomic E-state index is 0.183. The molecule has 0 aliphatic heterocycles. The zero-order valence-corrected chi connectivity index (χ0v) is 21.0. The maximum atomic E-state index is 13.7. The second kappa shape index (κ2) is 11.0. The molecule has 4 rings (SSSR count). The molecule has 0 radical (unpaired) electrons. The molecule has 40 heavy (non-hydrogen) atoms. The lowest BCUT2D eigenvalue weighted by atomic mass is 10.1. The number of para-hydroxylation sites is 1. The van der Waals surface area contributed by atoms with Crippen molar-refractivity contribution in [2.24, 2.45) is 0 Å². The molecular formula is C23H19ClF6N6O4. The summed E-state index contributed by atoms with van der Waals surface area (Å²) < 4.78 is 87.0. The number of rotatable bonds is 8. The number of benzene rings is 2. The molecule has 4 aromatic rings. The van der Waals surface area contributed by atoms with Crippen LogP contribution in [0.5, 0.6) is 0 Å². The molecule has 0 aliphatic rings. The number of halogens is 7. The summed E-state index contributed by atoms with van der Waals surface area (Å²) >= 11 is 5.87. The molecule has 17 heteroatoms. The van der Waals surface area contributed by atoms with Gasteiger partial charge >= 0.3 is 18.0 Å². The van der Waals surface area contributed by atoms with Crippen molar-refractivity contribution in [2.45, 2.75) is 37.8 Å². The molecule has 2 aromatic carbocycles. The van der Waals surface area contributed by atoms with Crippen LogP contribution in [0.3, 0.4) is 0 Å². The molecular weight excluding hydrogens is 574 g/mol. The van der Waals surface area contributed by atoms with Crippen molar-refractivity contribution >= 4 is 11.6 Å². The van der Waals surface area contributed by atoms with Gasteiger partial charge < -0.3 is 14.9 Å². The predicted octanol–water partition coefficient (Wildman–Crippen LogP) is 3.57. The van der Waals surface area contributed by atoms with E-state index in [0.717, 1.165) is 25.3 Å². The highest BCUT2D eigenvalue weighted by atomic mass is 35.5. The first-order valence-electron chi connectivity index (χ1n) is 11.2. The van der Waals surface area contributed by atoms with E-state index in [4.69, 9.17) is 16.3 Å². The number of nitrogens with zero attached hydrogens (tertiary/aromatic N) is 6. The van der Waals surface area contributed by atoms with E-state index in [0.29, 0.717) is 19.0 Å². The highest BCUT2D eigenvalue weighted by molar-refractivity contribution is 6.30. The quantitative estimate of drug-likeness (QED) is 0.237. The van der Waals surface area contributed by atoms with E-state index >= 15 is 0 Å². The number of hydrogen-bond acceptors (Lipinski definition) is 7. The van der Waals surface area contributed by atoms with Crippen molar-refractivity contribution in [1.29, 1.82) is 0 Å². The summed E-state index contributed by atoms with van der Waals surface area (Å²) in [5, 5.41) is 28.2. The Balaban J connectivity index is 1.82. The number of aliphatic hydroxyl groups excluding tert-OH is 2. The summed E-state index contributed by atoms with van der Waals surface area (Å²) in [5.41, 5.74) is -2.53. The van der Waals surface area contributed by atoms with E-state index in [9.17, 15) is 41.4 Å². The van der Waals surface area contributed by atoms with Gasteiger partial charge in [0.25, 0.3) is 0 Å². The average molecular weight is 593 g/mol. The third kappa shape index (κ3) is 6.04. The molecule has 0 aliphatic carbocycles. The zero-order chi connectivity index (χ0) is 29.4. The Morgan fingerprint density at radius 1 is 1.00 bits per heavy atom. The normalized spacial score (nSPS) is 13.9. The van der Waals surface area contributed by atoms with Crippen molar-refractivity contribution < 1.29 is 41.3 Å². The molecule has 10 nitrogen and oxygen atoms in total. The van der Waals surface area contributed by atoms with Crippen molar-refractivity contribution in [3.05, 3.63) is 81.3 Å². The molecule has 2 N–H and O–H groups in total. The van der Waals surface area contributed by atoms with E-state index in [2.05, 4.69) is 15.2 Å². The summed E-state index contributed by atoms with van der Waals surface area (Å²) in [7, 11) is 1.07. The Morgan fingerprint density at radius 2 is 1.65 bits per heavy atom. The topological polar surface area (TPSA) is 120 Å². The summed E-state index contributed by atoms with van der Waals surface area (Å²) in [6, 6.07) is 9.90. The summed E-state index contributed by atoms with van der Waals surface area (Å²) in [6.45, 7) is -1.83. The van der Waals surface area contributed by atoms with Crippen LogP contribution in [0.15, 0.2) is 53.3 Å². The summed E-state index contributed by atoms with van der Waals surface area (Å²) in [4.78, 5) is 17.1. The highest BCUT2D eigenvalue weighted by Gasteiger charge is 2.39. The first kappa shape index (κ1) is 29.3. The smallest absolute Gasteiger partial charge is 0.382 e. The second-order valence-electron chi connectivity index (χ2n) is 8.34. The second-order valence-corrected chi connectivity index (χ2v) is 8.78. The van der Waals surface area contributed by atoms with Gasteiger partial charge in [-0.2, -0.15) is 26.3 Å². The SMILES string of the molecule is COC(O)c1nc(Cn2nc(-c3ccc(Cl)cc3)n(C[C@H](O)C(F)(F)F)c2=O)nn1-c1ccccc1C(F)(F)F. The lowest BCUT2D eigenvalue weighted by molar-refractivity contribution is -0.207. The maximum absolute atomic E-state index is 13.7. The van der Waals surface area contributed by atoms with E-state index in [1.54, 1.807) is 0 Å². The van der Waals surface area contributed by atoms with Crippen LogP contribution in [0.25, 0.3) is 17.1 Å². The van der Waals surface area contributed by atoms with Crippen LogP contribution in [-0.4, -0.2) is 58.7 Å². The molecule has 2 aromatic heterocycles. The molecule has 0 amide bonds. The molecule has 1 unspecified atom stereocenters. The van der Waals surface area contributed by atoms with Gasteiger partial charge in [-0.3, -0.25) is 4.57 Å². The van der Waals surface area contributed by atoms with Gasteiger partial charge in [-0.15, -0.1) is 10.2 Å². The average Bonchev–Trinajstić information content (AvgIpc) is 3.44. The van der Waals surface area contributed by atoms with Crippen LogP contribution in [0.1, 0.15) is 23.5 Å². The molecule has 2 heterocycles. The summed E-state index contributed by atoms with van der Waals surface area (Å²) in [6.07, 6.45) is -14.6. The monoisotopic (exact) mass is 592 g/mol. The zero-order valence-electron chi connectivity index (χ0n) is 20.2. The van der Waals surface area contributed by atoms with E-state index in [1.165, 1.54) is 30.3 Å². The standard InChI is InChI=1S/C23H19ClF6N6O4/c1-40-20(38)19-31-17(32-36(19)15-5-3-2-4-14(15)22(25,26)27)11-35-21(39)34(10-16(37)23(28,29)30)18(33-35)12-6-8-13(24)9-7-12/h2-9,16,20,37-38H,10-11H2,1H3/t16-,20?/m0/s1. The molecule has 0 saturated heterocycles. The minimum atomic E-state index is -5.05. The van der Waals surface area contributed by atoms with Crippen molar-refractivity contribution in [3.63, 3.8) is 0 Å². The van der Waals surface area contributed by atoms with Gasteiger partial charge in [-0.1, -0.05) is 23.7 Å². The van der Waals surface area contributed by atoms with Crippen LogP contribution < -0.4 is 5.69 Å². The maximum Gasteiger partial charge on any atom is 0.418 e. The van der Waals surface area contributed by atoms with Crippen molar-refractivity contribution in [3.8, 4) is 17.1 Å². The van der Waals surface area contributed by atoms with Crippen molar-refractivity contribution in [2.75, 3.05) is 7.11 Å². The Hall–Kier alpha value is -3.73. The van der Waals surface area contributed by atoms with Crippen molar-refractivity contribution in [1.82, 2.24) is 29.1 Å². The number of aliphatic hydroxyl groups is 2. The van der Waals surface area contributed by atoms with E-state index in [-0.39, 0.29) is 17.2 Å². The first-order chi connectivity index (χ1) is 18.7. The van der Waals surface area contributed by atoms with Crippen LogP contribution in [0.2, 0.25) is 5.02 Å². The van der Waals surface area contributed by atoms with E-state index in [1.807, 2.05) is 0 Å². The lowest BCUT2D eigenvalue weighted by Gasteiger charge is -2.15. The Kier molecular flexibility index (Phi) is 8.07. The first-order valence-corrected chi connectivity index (χ1v) is 11.6. The number of ether oxygens (including phenoxy) is 1. The highest BCUT2D eigenvalue weighted by Crippen LogP contribution is 2.34. The molecule has 0 bridgehead atoms. The third-order valence-electron chi connectivity index (χ3n) is 5.61. The van der Waals surface area contributed by atoms with E-state index < -0.39 is 60.6 Å². The molecule has 0 fully saturated rings. The van der Waals surface area contributed by atoms with Crippen LogP contribution >= 0.6 is 11.6 Å². The summed E-state index contributed by atoms with van der Waals surface area (Å²) in [5.74, 6) is -1.05. The Bertz CT molecular complexity index is 1550. The molecule has 0 spiro atoms. The van der Waals surface area contributed by atoms with Crippen LogP contribution in [0, 0.1) is 0 Å².